The van der Waals surface area contributed by atoms with Gasteiger partial charge in [0.15, 0.2) is 0 Å². The summed E-state index contributed by atoms with van der Waals surface area (Å²) in [6.45, 7) is 4.61. The molecule has 0 aliphatic heterocycles. The maximum Gasteiger partial charge on any atom is 0.0737 e. The highest BCUT2D eigenvalue weighted by molar-refractivity contribution is 9.11. The second-order valence-electron chi connectivity index (χ2n) is 12.5. The maximum atomic E-state index is 3.96. The van der Waals surface area contributed by atoms with Gasteiger partial charge in [-0.1, -0.05) is 133 Å². The van der Waals surface area contributed by atoms with Crippen LogP contribution in [0.3, 0.4) is 0 Å². The number of aryl methyl sites for hydroxylation is 3. The SMILES string of the molecule is CCCCCCCCc1cc(-c2sc(-c3sccc3CCCCCCCCCCBr)cc2CCCCCCCC)sc1Br. The highest BCUT2D eigenvalue weighted by atomic mass is 79.9. The Morgan fingerprint density at radius 1 is 0.512 bits per heavy atom. The summed E-state index contributed by atoms with van der Waals surface area (Å²) in [6, 6.07) is 7.51. The highest BCUT2D eigenvalue weighted by Gasteiger charge is 2.18. The Balaban J connectivity index is 1.64. The van der Waals surface area contributed by atoms with Gasteiger partial charge in [-0.3, -0.25) is 0 Å². The van der Waals surface area contributed by atoms with Crippen molar-refractivity contribution < 1.29 is 0 Å². The minimum absolute atomic E-state index is 1.16. The van der Waals surface area contributed by atoms with E-state index in [4.69, 9.17) is 0 Å². The Morgan fingerprint density at radius 2 is 0.977 bits per heavy atom. The zero-order valence-electron chi connectivity index (χ0n) is 27.3. The fourth-order valence-corrected chi connectivity index (χ4v) is 10.7. The molecule has 5 heteroatoms. The zero-order chi connectivity index (χ0) is 30.5. The number of rotatable bonds is 26. The van der Waals surface area contributed by atoms with Crippen molar-refractivity contribution in [3.63, 3.8) is 0 Å². The first-order chi connectivity index (χ1) is 21.2. The van der Waals surface area contributed by atoms with Crippen molar-refractivity contribution in [2.24, 2.45) is 0 Å². The molecule has 242 valence electrons. The number of unbranched alkanes of at least 4 members (excludes halogenated alkanes) is 17. The van der Waals surface area contributed by atoms with Gasteiger partial charge in [-0.15, -0.1) is 34.0 Å². The number of thiophene rings is 3. The molecule has 3 heterocycles. The molecule has 0 aromatic carbocycles. The Bertz CT molecular complexity index is 1110. The second-order valence-corrected chi connectivity index (χ2v) is 17.6. The number of halogens is 2. The summed E-state index contributed by atoms with van der Waals surface area (Å²) in [5, 5.41) is 3.50. The molecular weight excluding hydrogens is 712 g/mol. The summed E-state index contributed by atoms with van der Waals surface area (Å²) in [4.78, 5) is 6.08. The van der Waals surface area contributed by atoms with Crippen molar-refractivity contribution >= 4 is 65.9 Å². The van der Waals surface area contributed by atoms with E-state index in [9.17, 15) is 0 Å². The van der Waals surface area contributed by atoms with Crippen LogP contribution in [0.5, 0.6) is 0 Å². The molecule has 0 unspecified atom stereocenters. The first-order valence-electron chi connectivity index (χ1n) is 17.7. The van der Waals surface area contributed by atoms with Crippen molar-refractivity contribution in [1.82, 2.24) is 0 Å². The summed E-state index contributed by atoms with van der Waals surface area (Å²) in [6.07, 6.45) is 31.1. The van der Waals surface area contributed by atoms with Gasteiger partial charge in [0.2, 0.25) is 0 Å². The van der Waals surface area contributed by atoms with Crippen molar-refractivity contribution in [2.45, 2.75) is 162 Å². The molecule has 0 amide bonds. The van der Waals surface area contributed by atoms with E-state index < -0.39 is 0 Å². The molecule has 3 aromatic heterocycles. The number of alkyl halides is 1. The van der Waals surface area contributed by atoms with Crippen molar-refractivity contribution in [3.05, 3.63) is 44.1 Å². The van der Waals surface area contributed by atoms with Gasteiger partial charge in [-0.2, -0.15) is 0 Å². The third-order valence-corrected chi connectivity index (χ3v) is 13.7. The van der Waals surface area contributed by atoms with Crippen LogP contribution in [0.15, 0.2) is 27.4 Å². The van der Waals surface area contributed by atoms with Gasteiger partial charge in [0.1, 0.15) is 0 Å². The van der Waals surface area contributed by atoms with E-state index in [0.29, 0.717) is 0 Å². The van der Waals surface area contributed by atoms with Crippen LogP contribution in [0.25, 0.3) is 19.5 Å². The molecule has 0 radical (unpaired) electrons. The van der Waals surface area contributed by atoms with E-state index in [1.807, 2.05) is 22.7 Å². The van der Waals surface area contributed by atoms with Crippen LogP contribution in [0.4, 0.5) is 0 Å². The lowest BCUT2D eigenvalue weighted by Gasteiger charge is -2.04. The van der Waals surface area contributed by atoms with E-state index in [1.165, 1.54) is 172 Å². The first-order valence-corrected chi connectivity index (χ1v) is 22.1. The van der Waals surface area contributed by atoms with Crippen LogP contribution in [0.2, 0.25) is 0 Å². The largest absolute Gasteiger partial charge is 0.143 e. The van der Waals surface area contributed by atoms with E-state index in [2.05, 4.69) is 80.6 Å². The summed E-state index contributed by atoms with van der Waals surface area (Å²) in [5.41, 5.74) is 4.70. The Kier molecular flexibility index (Phi) is 20.4. The van der Waals surface area contributed by atoms with Crippen LogP contribution in [-0.2, 0) is 19.3 Å². The quantitative estimate of drug-likeness (QED) is 0.0563. The molecule has 0 N–H and O–H groups in total. The molecular formula is C38H58Br2S3. The minimum Gasteiger partial charge on any atom is -0.143 e. The predicted octanol–water partition coefficient (Wildman–Crippen LogP) is 15.8. The zero-order valence-corrected chi connectivity index (χ0v) is 32.9. The lowest BCUT2D eigenvalue weighted by Crippen LogP contribution is -1.87. The molecule has 0 fully saturated rings. The van der Waals surface area contributed by atoms with E-state index in [-0.39, 0.29) is 0 Å². The second kappa shape index (κ2) is 23.4. The van der Waals surface area contributed by atoms with Gasteiger partial charge < -0.3 is 0 Å². The summed E-state index contributed by atoms with van der Waals surface area (Å²) in [5.74, 6) is 0. The molecule has 43 heavy (non-hydrogen) atoms. The fourth-order valence-electron chi connectivity index (χ4n) is 6.03. The molecule has 0 saturated heterocycles. The van der Waals surface area contributed by atoms with Gasteiger partial charge in [-0.05, 0) is 101 Å². The molecule has 0 atom stereocenters. The monoisotopic (exact) mass is 768 g/mol. The normalized spacial score (nSPS) is 11.6. The lowest BCUT2D eigenvalue weighted by molar-refractivity contribution is 0.577. The molecule has 3 aromatic rings. The van der Waals surface area contributed by atoms with E-state index >= 15 is 0 Å². The molecule has 3 rings (SSSR count). The molecule has 0 saturated carbocycles. The fraction of sp³-hybridized carbons (Fsp3) is 0.684. The van der Waals surface area contributed by atoms with Crippen molar-refractivity contribution in [3.8, 4) is 19.5 Å². The highest BCUT2D eigenvalue weighted by Crippen LogP contribution is 2.46. The molecule has 0 bridgehead atoms. The van der Waals surface area contributed by atoms with Crippen LogP contribution in [0, 0.1) is 0 Å². The Hall–Kier alpha value is 0.0600. The molecule has 0 nitrogen and oxygen atoms in total. The Morgan fingerprint density at radius 3 is 1.56 bits per heavy atom. The summed E-state index contributed by atoms with van der Waals surface area (Å²) >= 11 is 13.5. The van der Waals surface area contributed by atoms with E-state index in [0.717, 1.165) is 5.33 Å². The standard InChI is InChI=1S/C38H58Br2S3/c1-3-5-7-9-15-20-24-32-29-34(36-31(26-28-41-36)23-19-17-13-11-12-14-18-22-27-39)42-37(32)35-30-33(38(40)43-35)25-21-16-10-8-6-4-2/h26,28-30H,3-25,27H2,1-2H3. The van der Waals surface area contributed by atoms with Gasteiger partial charge in [0.25, 0.3) is 0 Å². The average Bonchev–Trinajstić information content (AvgIpc) is 3.74. The third kappa shape index (κ3) is 14.2. The summed E-state index contributed by atoms with van der Waals surface area (Å²) in [7, 11) is 0. The van der Waals surface area contributed by atoms with Gasteiger partial charge in [0.05, 0.1) is 3.79 Å². The predicted molar refractivity (Wildman–Crippen MR) is 207 cm³/mol. The molecule has 0 aliphatic carbocycles. The van der Waals surface area contributed by atoms with Crippen LogP contribution in [0.1, 0.15) is 159 Å². The number of hydrogen-bond acceptors (Lipinski definition) is 3. The Labute approximate surface area is 294 Å². The molecule has 0 spiro atoms. The van der Waals surface area contributed by atoms with Crippen LogP contribution >= 0.6 is 65.9 Å². The van der Waals surface area contributed by atoms with Crippen molar-refractivity contribution in [1.29, 1.82) is 0 Å². The molecule has 0 aliphatic rings. The average molecular weight is 771 g/mol. The smallest absolute Gasteiger partial charge is 0.0737 e. The van der Waals surface area contributed by atoms with Gasteiger partial charge in [0, 0.05) is 24.8 Å². The minimum atomic E-state index is 1.16. The van der Waals surface area contributed by atoms with Crippen LogP contribution < -0.4 is 0 Å². The number of hydrogen-bond donors (Lipinski definition) is 0. The van der Waals surface area contributed by atoms with Gasteiger partial charge in [-0.25, -0.2) is 0 Å². The topological polar surface area (TPSA) is 0 Å². The van der Waals surface area contributed by atoms with E-state index in [1.54, 1.807) is 16.0 Å². The first kappa shape index (κ1) is 37.5. The van der Waals surface area contributed by atoms with Crippen LogP contribution in [-0.4, -0.2) is 5.33 Å². The van der Waals surface area contributed by atoms with Crippen molar-refractivity contribution in [2.75, 3.05) is 5.33 Å². The van der Waals surface area contributed by atoms with Gasteiger partial charge >= 0.3 is 0 Å². The summed E-state index contributed by atoms with van der Waals surface area (Å²) < 4.78 is 1.36. The third-order valence-electron chi connectivity index (χ3n) is 8.69. The lowest BCUT2D eigenvalue weighted by atomic mass is 10.0. The maximum absolute atomic E-state index is 3.96.